The molecule has 1 aromatic heterocycles. The number of anilines is 1. The first kappa shape index (κ1) is 16.3. The Hall–Kier alpha value is -3.09. The van der Waals surface area contributed by atoms with E-state index in [1.54, 1.807) is 31.4 Å². The van der Waals surface area contributed by atoms with E-state index in [0.29, 0.717) is 17.0 Å². The number of aromatic nitrogens is 1. The summed E-state index contributed by atoms with van der Waals surface area (Å²) in [5, 5.41) is 2.59. The van der Waals surface area contributed by atoms with Crippen LogP contribution in [0.4, 0.5) is 5.69 Å². The van der Waals surface area contributed by atoms with Crippen molar-refractivity contribution in [3.63, 3.8) is 0 Å². The van der Waals surface area contributed by atoms with Gasteiger partial charge >= 0.3 is 5.97 Å². The largest absolute Gasteiger partial charge is 0.497 e. The zero-order chi connectivity index (χ0) is 16.8. The average Bonchev–Trinajstić information content (AvgIpc) is 3.03. The maximum absolute atomic E-state index is 11.8. The molecule has 2 aromatic rings. The lowest BCUT2D eigenvalue weighted by atomic mass is 10.2. The van der Waals surface area contributed by atoms with E-state index in [1.165, 1.54) is 19.2 Å². The highest BCUT2D eigenvalue weighted by Crippen LogP contribution is 2.14. The molecular weight excluding hydrogens is 300 g/mol. The minimum absolute atomic E-state index is 0.118. The minimum atomic E-state index is -0.706. The molecule has 0 saturated heterocycles. The van der Waals surface area contributed by atoms with Crippen LogP contribution in [0.2, 0.25) is 0 Å². The maximum Gasteiger partial charge on any atom is 0.355 e. The summed E-state index contributed by atoms with van der Waals surface area (Å²) in [6, 6.07) is 8.12. The monoisotopic (exact) mass is 316 g/mol. The number of H-pyrrole nitrogens is 1. The number of Topliss-reactive ketones (excluding diaryl/α,β-unsaturated/α-hetero) is 1. The second kappa shape index (κ2) is 7.26. The molecule has 0 atom stereocenters. The number of carbonyl (C=O) groups excluding carboxylic acids is 3. The third kappa shape index (κ3) is 4.44. The van der Waals surface area contributed by atoms with Gasteiger partial charge in [-0.25, -0.2) is 4.79 Å². The summed E-state index contributed by atoms with van der Waals surface area (Å²) in [6.45, 7) is 0.958. The van der Waals surface area contributed by atoms with E-state index >= 15 is 0 Å². The highest BCUT2D eigenvalue weighted by Gasteiger charge is 2.13. The smallest absolute Gasteiger partial charge is 0.355 e. The Labute approximate surface area is 132 Å². The van der Waals surface area contributed by atoms with Crippen LogP contribution in [-0.2, 0) is 9.53 Å². The SMILES string of the molecule is COc1ccc(NC(=O)COC(=O)c2cc(C(C)=O)c[nH]2)cc1. The average molecular weight is 316 g/mol. The summed E-state index contributed by atoms with van der Waals surface area (Å²) >= 11 is 0. The Balaban J connectivity index is 1.85. The molecule has 1 heterocycles. The van der Waals surface area contributed by atoms with Crippen LogP contribution in [0.5, 0.6) is 5.75 Å². The van der Waals surface area contributed by atoms with E-state index in [2.05, 4.69) is 10.3 Å². The van der Waals surface area contributed by atoms with Crippen LogP contribution in [0, 0.1) is 0 Å². The highest BCUT2D eigenvalue weighted by molar-refractivity contribution is 5.98. The summed E-state index contributed by atoms with van der Waals surface area (Å²) < 4.78 is 9.89. The van der Waals surface area contributed by atoms with Crippen LogP contribution in [0.1, 0.15) is 27.8 Å². The number of nitrogens with one attached hydrogen (secondary N) is 2. The van der Waals surface area contributed by atoms with Crippen molar-refractivity contribution >= 4 is 23.3 Å². The van der Waals surface area contributed by atoms with Gasteiger partial charge in [-0.2, -0.15) is 0 Å². The molecule has 7 nitrogen and oxygen atoms in total. The number of ether oxygens (including phenoxy) is 2. The van der Waals surface area contributed by atoms with E-state index in [9.17, 15) is 14.4 Å². The van der Waals surface area contributed by atoms with Crippen LogP contribution in [0.3, 0.4) is 0 Å². The molecule has 0 aliphatic rings. The number of esters is 1. The first-order valence-corrected chi connectivity index (χ1v) is 6.80. The van der Waals surface area contributed by atoms with Crippen molar-refractivity contribution in [1.82, 2.24) is 4.98 Å². The first-order chi connectivity index (χ1) is 11.0. The number of amides is 1. The van der Waals surface area contributed by atoms with E-state index in [1.807, 2.05) is 0 Å². The third-order valence-corrected chi connectivity index (χ3v) is 3.02. The van der Waals surface area contributed by atoms with Gasteiger partial charge in [0.25, 0.3) is 5.91 Å². The minimum Gasteiger partial charge on any atom is -0.497 e. The summed E-state index contributed by atoms with van der Waals surface area (Å²) in [6.07, 6.45) is 1.41. The van der Waals surface area contributed by atoms with Gasteiger partial charge in [-0.05, 0) is 37.3 Å². The molecule has 0 saturated carbocycles. The van der Waals surface area contributed by atoms with Crippen molar-refractivity contribution in [3.8, 4) is 5.75 Å². The molecule has 7 heteroatoms. The van der Waals surface area contributed by atoms with Gasteiger partial charge in [0.2, 0.25) is 0 Å². The Morgan fingerprint density at radius 2 is 1.87 bits per heavy atom. The van der Waals surface area contributed by atoms with Crippen molar-refractivity contribution in [2.24, 2.45) is 0 Å². The van der Waals surface area contributed by atoms with Gasteiger partial charge in [-0.1, -0.05) is 0 Å². The number of aromatic amines is 1. The normalized spacial score (nSPS) is 10.0. The quantitative estimate of drug-likeness (QED) is 0.627. The van der Waals surface area contributed by atoms with Crippen molar-refractivity contribution in [3.05, 3.63) is 47.8 Å². The predicted molar refractivity (Wildman–Crippen MR) is 82.7 cm³/mol. The topological polar surface area (TPSA) is 97.5 Å². The van der Waals surface area contributed by atoms with E-state index in [4.69, 9.17) is 9.47 Å². The highest BCUT2D eigenvalue weighted by atomic mass is 16.5. The fourth-order valence-electron chi connectivity index (χ4n) is 1.80. The number of carbonyl (C=O) groups is 3. The second-order valence-electron chi connectivity index (χ2n) is 4.71. The van der Waals surface area contributed by atoms with Gasteiger partial charge in [-0.15, -0.1) is 0 Å². The lowest BCUT2D eigenvalue weighted by molar-refractivity contribution is -0.119. The number of hydrogen-bond donors (Lipinski definition) is 2. The zero-order valence-corrected chi connectivity index (χ0v) is 12.7. The van der Waals surface area contributed by atoms with Crippen LogP contribution < -0.4 is 10.1 Å². The number of benzene rings is 1. The van der Waals surface area contributed by atoms with Crippen LogP contribution >= 0.6 is 0 Å². The molecule has 0 aliphatic heterocycles. The Kier molecular flexibility index (Phi) is 5.14. The fourth-order valence-corrected chi connectivity index (χ4v) is 1.80. The van der Waals surface area contributed by atoms with Crippen molar-refractivity contribution in [1.29, 1.82) is 0 Å². The molecule has 0 spiro atoms. The molecule has 23 heavy (non-hydrogen) atoms. The molecule has 1 amide bonds. The fraction of sp³-hybridized carbons (Fsp3) is 0.188. The molecule has 0 radical (unpaired) electrons. The summed E-state index contributed by atoms with van der Waals surface area (Å²) in [4.78, 5) is 37.3. The molecule has 2 rings (SSSR count). The zero-order valence-electron chi connectivity index (χ0n) is 12.7. The molecule has 0 fully saturated rings. The molecule has 0 unspecified atom stereocenters. The lowest BCUT2D eigenvalue weighted by Gasteiger charge is -2.06. The van der Waals surface area contributed by atoms with E-state index < -0.39 is 18.5 Å². The Bertz CT molecular complexity index is 718. The predicted octanol–water partition coefficient (Wildman–Crippen LogP) is 2.02. The first-order valence-electron chi connectivity index (χ1n) is 6.80. The number of hydrogen-bond acceptors (Lipinski definition) is 5. The number of ketones is 1. The van der Waals surface area contributed by atoms with Gasteiger partial charge in [0.05, 0.1) is 7.11 Å². The van der Waals surface area contributed by atoms with Gasteiger partial charge in [0.15, 0.2) is 12.4 Å². The molecule has 0 aliphatic carbocycles. The summed E-state index contributed by atoms with van der Waals surface area (Å²) in [5.74, 6) is -0.677. The number of rotatable bonds is 6. The molecule has 1 aromatic carbocycles. The van der Waals surface area contributed by atoms with Gasteiger partial charge in [-0.3, -0.25) is 9.59 Å². The van der Waals surface area contributed by atoms with Gasteiger partial charge < -0.3 is 19.8 Å². The lowest BCUT2D eigenvalue weighted by Crippen LogP contribution is -2.21. The Morgan fingerprint density at radius 1 is 1.17 bits per heavy atom. The standard InChI is InChI=1S/C16H16N2O5/c1-10(19)11-7-14(17-8-11)16(21)23-9-15(20)18-12-3-5-13(22-2)6-4-12/h3-8,17H,9H2,1-2H3,(H,18,20). The second-order valence-corrected chi connectivity index (χ2v) is 4.71. The molecule has 2 N–H and O–H groups in total. The van der Waals surface area contributed by atoms with Gasteiger partial charge in [0.1, 0.15) is 11.4 Å². The van der Waals surface area contributed by atoms with Crippen molar-refractivity contribution in [2.45, 2.75) is 6.92 Å². The Morgan fingerprint density at radius 3 is 2.43 bits per heavy atom. The third-order valence-electron chi connectivity index (χ3n) is 3.02. The summed E-state index contributed by atoms with van der Waals surface area (Å²) in [5.41, 5.74) is 1.05. The van der Waals surface area contributed by atoms with Crippen molar-refractivity contribution < 1.29 is 23.9 Å². The van der Waals surface area contributed by atoms with E-state index in [-0.39, 0.29) is 11.5 Å². The van der Waals surface area contributed by atoms with Crippen LogP contribution in [0.25, 0.3) is 0 Å². The summed E-state index contributed by atoms with van der Waals surface area (Å²) in [7, 11) is 1.55. The molecular formula is C16H16N2O5. The van der Waals surface area contributed by atoms with Crippen LogP contribution in [-0.4, -0.2) is 36.4 Å². The van der Waals surface area contributed by atoms with Crippen LogP contribution in [0.15, 0.2) is 36.5 Å². The molecule has 120 valence electrons. The number of methoxy groups -OCH3 is 1. The van der Waals surface area contributed by atoms with Gasteiger partial charge in [0, 0.05) is 17.4 Å². The van der Waals surface area contributed by atoms with E-state index in [0.717, 1.165) is 0 Å². The maximum atomic E-state index is 11.8. The molecule has 0 bridgehead atoms. The van der Waals surface area contributed by atoms with Crippen molar-refractivity contribution in [2.75, 3.05) is 19.0 Å².